The predicted octanol–water partition coefficient (Wildman–Crippen LogP) is 3.10. The largest absolute Gasteiger partial charge is 0.476 e. The molecule has 5 heteroatoms. The minimum absolute atomic E-state index is 0.104. The molecule has 0 bridgehead atoms. The smallest absolute Gasteiger partial charge is 0.357 e. The van der Waals surface area contributed by atoms with Gasteiger partial charge in [-0.25, -0.2) is 9.48 Å². The van der Waals surface area contributed by atoms with Crippen LogP contribution < -0.4 is 0 Å². The third-order valence-corrected chi connectivity index (χ3v) is 3.99. The zero-order valence-corrected chi connectivity index (χ0v) is 12.5. The van der Waals surface area contributed by atoms with E-state index in [1.165, 1.54) is 0 Å². The first-order chi connectivity index (χ1) is 8.40. The van der Waals surface area contributed by atoms with E-state index < -0.39 is 5.97 Å². The molecular weight excluding hydrogens is 343 g/mol. The Morgan fingerprint density at radius 3 is 2.22 bits per heavy atom. The highest BCUT2D eigenvalue weighted by molar-refractivity contribution is 14.1. The molecule has 0 aliphatic carbocycles. The van der Waals surface area contributed by atoms with Gasteiger partial charge in [-0.15, -0.1) is 0 Å². The molecule has 0 unspecified atom stereocenters. The molecule has 1 heterocycles. The Hall–Kier alpha value is -1.37. The second-order valence-corrected chi connectivity index (χ2v) is 5.39. The molecule has 1 N–H and O–H groups in total. The molecule has 2 aromatic rings. The summed E-state index contributed by atoms with van der Waals surface area (Å²) < 4.78 is 2.37. The first-order valence-electron chi connectivity index (χ1n) is 5.47. The Kier molecular flexibility index (Phi) is 3.43. The van der Waals surface area contributed by atoms with Crippen LogP contribution in [0.4, 0.5) is 0 Å². The molecule has 0 amide bonds. The molecule has 0 fully saturated rings. The predicted molar refractivity (Wildman–Crippen MR) is 77.5 cm³/mol. The summed E-state index contributed by atoms with van der Waals surface area (Å²) in [6.45, 7) is 5.90. The van der Waals surface area contributed by atoms with Crippen LogP contribution in [0.25, 0.3) is 5.69 Å². The zero-order chi connectivity index (χ0) is 13.4. The van der Waals surface area contributed by atoms with Gasteiger partial charge in [-0.05, 0) is 66.6 Å². The van der Waals surface area contributed by atoms with Gasteiger partial charge in [0.1, 0.15) is 0 Å². The minimum atomic E-state index is -0.995. The number of hydrogen-bond acceptors (Lipinski definition) is 2. The van der Waals surface area contributed by atoms with E-state index in [1.807, 2.05) is 55.5 Å². The molecule has 1 aromatic heterocycles. The Morgan fingerprint density at radius 2 is 1.78 bits per heavy atom. The third-order valence-electron chi connectivity index (χ3n) is 2.70. The van der Waals surface area contributed by atoms with Gasteiger partial charge < -0.3 is 5.11 Å². The first-order valence-corrected chi connectivity index (χ1v) is 6.55. The van der Waals surface area contributed by atoms with E-state index in [-0.39, 0.29) is 5.69 Å². The van der Waals surface area contributed by atoms with Crippen LogP contribution in [0.3, 0.4) is 0 Å². The molecule has 0 saturated heterocycles. The maximum absolute atomic E-state index is 11.1. The van der Waals surface area contributed by atoms with Crippen LogP contribution in [0.5, 0.6) is 0 Å². The second kappa shape index (κ2) is 4.72. The van der Waals surface area contributed by atoms with Crippen molar-refractivity contribution in [1.82, 2.24) is 9.78 Å². The Labute approximate surface area is 119 Å². The fraction of sp³-hybridized carbons (Fsp3) is 0.231. The molecule has 0 aliphatic heterocycles. The lowest BCUT2D eigenvalue weighted by atomic mass is 10.1. The fourth-order valence-corrected chi connectivity index (χ4v) is 2.51. The Morgan fingerprint density at radius 1 is 1.22 bits per heavy atom. The van der Waals surface area contributed by atoms with Crippen LogP contribution in [0.1, 0.15) is 27.3 Å². The van der Waals surface area contributed by atoms with Crippen molar-refractivity contribution < 1.29 is 9.90 Å². The van der Waals surface area contributed by atoms with Crippen molar-refractivity contribution in [3.8, 4) is 5.69 Å². The Bertz CT molecular complexity index is 612. The SMILES string of the molecule is Cc1cc(C)cc(-n2nc(C(=O)O)c(I)c2C)c1. The topological polar surface area (TPSA) is 55.1 Å². The number of nitrogens with zero attached hydrogens (tertiary/aromatic N) is 2. The fourth-order valence-electron chi connectivity index (χ4n) is 1.94. The minimum Gasteiger partial charge on any atom is -0.476 e. The number of aromatic nitrogens is 2. The lowest BCUT2D eigenvalue weighted by Gasteiger charge is -2.07. The highest BCUT2D eigenvalue weighted by atomic mass is 127. The molecule has 0 atom stereocenters. The van der Waals surface area contributed by atoms with E-state index in [2.05, 4.69) is 11.2 Å². The van der Waals surface area contributed by atoms with E-state index in [4.69, 9.17) is 5.11 Å². The highest BCUT2D eigenvalue weighted by Crippen LogP contribution is 2.21. The molecule has 94 valence electrons. The summed E-state index contributed by atoms with van der Waals surface area (Å²) in [5.41, 5.74) is 4.11. The van der Waals surface area contributed by atoms with Gasteiger partial charge in [0.2, 0.25) is 0 Å². The van der Waals surface area contributed by atoms with Crippen molar-refractivity contribution in [2.75, 3.05) is 0 Å². The van der Waals surface area contributed by atoms with Gasteiger partial charge in [0, 0.05) is 0 Å². The molecule has 0 aliphatic rings. The van der Waals surface area contributed by atoms with Crippen molar-refractivity contribution in [2.24, 2.45) is 0 Å². The summed E-state index contributed by atoms with van der Waals surface area (Å²) >= 11 is 2.02. The molecule has 0 radical (unpaired) electrons. The lowest BCUT2D eigenvalue weighted by Crippen LogP contribution is -2.03. The average Bonchev–Trinajstić information content (AvgIpc) is 2.55. The average molecular weight is 356 g/mol. The normalized spacial score (nSPS) is 10.7. The number of aryl methyl sites for hydroxylation is 2. The van der Waals surface area contributed by atoms with Crippen molar-refractivity contribution in [3.05, 3.63) is 44.3 Å². The lowest BCUT2D eigenvalue weighted by molar-refractivity contribution is 0.0689. The summed E-state index contributed by atoms with van der Waals surface area (Å²) in [5.74, 6) is -0.995. The number of benzene rings is 1. The van der Waals surface area contributed by atoms with Crippen molar-refractivity contribution in [2.45, 2.75) is 20.8 Å². The molecule has 4 nitrogen and oxygen atoms in total. The number of aromatic carboxylic acids is 1. The van der Waals surface area contributed by atoms with E-state index >= 15 is 0 Å². The van der Waals surface area contributed by atoms with E-state index in [0.717, 1.165) is 22.5 Å². The first kappa shape index (κ1) is 13.1. The van der Waals surface area contributed by atoms with Crippen LogP contribution in [-0.2, 0) is 0 Å². The van der Waals surface area contributed by atoms with Crippen molar-refractivity contribution in [3.63, 3.8) is 0 Å². The zero-order valence-electron chi connectivity index (χ0n) is 10.4. The van der Waals surface area contributed by atoms with Crippen LogP contribution in [0.2, 0.25) is 0 Å². The van der Waals surface area contributed by atoms with Crippen LogP contribution in [0, 0.1) is 24.3 Å². The number of rotatable bonds is 2. The summed E-state index contributed by atoms with van der Waals surface area (Å²) in [7, 11) is 0. The maximum atomic E-state index is 11.1. The number of carboxylic acid groups (broad SMARTS) is 1. The molecular formula is C13H13IN2O2. The standard InChI is InChI=1S/C13H13IN2O2/c1-7-4-8(2)6-10(5-7)16-9(3)11(14)12(15-16)13(17)18/h4-6H,1-3H3,(H,17,18). The van der Waals surface area contributed by atoms with Crippen molar-refractivity contribution in [1.29, 1.82) is 0 Å². The van der Waals surface area contributed by atoms with Gasteiger partial charge in [-0.3, -0.25) is 0 Å². The van der Waals surface area contributed by atoms with Crippen molar-refractivity contribution >= 4 is 28.6 Å². The monoisotopic (exact) mass is 356 g/mol. The third kappa shape index (κ3) is 2.27. The second-order valence-electron chi connectivity index (χ2n) is 4.31. The number of hydrogen-bond donors (Lipinski definition) is 1. The van der Waals surface area contributed by atoms with E-state index in [0.29, 0.717) is 3.57 Å². The van der Waals surface area contributed by atoms with Gasteiger partial charge in [-0.1, -0.05) is 6.07 Å². The summed E-state index contributed by atoms with van der Waals surface area (Å²) in [5, 5.41) is 13.2. The van der Waals surface area contributed by atoms with Gasteiger partial charge >= 0.3 is 5.97 Å². The number of halogens is 1. The van der Waals surface area contributed by atoms with Gasteiger partial charge in [0.25, 0.3) is 0 Å². The van der Waals surface area contributed by atoms with Gasteiger partial charge in [0.15, 0.2) is 5.69 Å². The summed E-state index contributed by atoms with van der Waals surface area (Å²) in [6.07, 6.45) is 0. The quantitative estimate of drug-likeness (QED) is 0.842. The molecule has 1 aromatic carbocycles. The Balaban J connectivity index is 2.64. The van der Waals surface area contributed by atoms with Crippen LogP contribution >= 0.6 is 22.6 Å². The maximum Gasteiger partial charge on any atom is 0.357 e. The molecule has 0 saturated carbocycles. The number of carboxylic acids is 1. The van der Waals surface area contributed by atoms with Gasteiger partial charge in [0.05, 0.1) is 15.0 Å². The van der Waals surface area contributed by atoms with E-state index in [9.17, 15) is 4.79 Å². The van der Waals surface area contributed by atoms with E-state index in [1.54, 1.807) is 4.68 Å². The highest BCUT2D eigenvalue weighted by Gasteiger charge is 2.18. The van der Waals surface area contributed by atoms with Crippen LogP contribution in [-0.4, -0.2) is 20.9 Å². The molecule has 0 spiro atoms. The van der Waals surface area contributed by atoms with Crippen LogP contribution in [0.15, 0.2) is 18.2 Å². The summed E-state index contributed by atoms with van der Waals surface area (Å²) in [6, 6.07) is 6.06. The number of carbonyl (C=O) groups is 1. The molecule has 2 rings (SSSR count). The molecule has 18 heavy (non-hydrogen) atoms. The van der Waals surface area contributed by atoms with Gasteiger partial charge in [-0.2, -0.15) is 5.10 Å². The summed E-state index contributed by atoms with van der Waals surface area (Å²) in [4.78, 5) is 11.1.